The first-order chi connectivity index (χ1) is 9.28. The van der Waals surface area contributed by atoms with Crippen LogP contribution in [0.1, 0.15) is 84.6 Å². The quantitative estimate of drug-likeness (QED) is 0.497. The van der Waals surface area contributed by atoms with Crippen LogP contribution in [0.4, 0.5) is 0 Å². The van der Waals surface area contributed by atoms with Gasteiger partial charge in [0.25, 0.3) is 0 Å². The molecule has 1 rings (SSSR count). The van der Waals surface area contributed by atoms with Crippen molar-refractivity contribution in [2.45, 2.75) is 78.6 Å². The van der Waals surface area contributed by atoms with Gasteiger partial charge in [-0.2, -0.15) is 0 Å². The molecule has 0 bridgehead atoms. The van der Waals surface area contributed by atoms with Gasteiger partial charge in [-0.1, -0.05) is 85.7 Å². The topological polar surface area (TPSA) is 0 Å². The van der Waals surface area contributed by atoms with Crippen LogP contribution in [0.25, 0.3) is 0 Å². The Labute approximate surface area is 137 Å². The molecular weight excluding hydrogens is 295 g/mol. The van der Waals surface area contributed by atoms with Crippen molar-refractivity contribution >= 4 is 24.6 Å². The van der Waals surface area contributed by atoms with Crippen molar-refractivity contribution in [1.82, 2.24) is 0 Å². The highest BCUT2D eigenvalue weighted by molar-refractivity contribution is 7.68. The molecule has 0 aromatic heterocycles. The summed E-state index contributed by atoms with van der Waals surface area (Å²) < 4.78 is 0. The third-order valence-electron chi connectivity index (χ3n) is 3.84. The Balaban J connectivity index is 3.84. The third kappa shape index (κ3) is 4.57. The minimum Gasteiger partial charge on any atom is -0.0572 e. The maximum absolute atomic E-state index is 6.03. The fraction of sp³-hybridized carbons (Fsp3) is 0.632. The van der Waals surface area contributed by atoms with Gasteiger partial charge in [0, 0.05) is 7.56 Å². The normalized spacial score (nSPS) is 14.0. The molecule has 21 heavy (non-hydrogen) atoms. The summed E-state index contributed by atoms with van der Waals surface area (Å²) in [6.07, 6.45) is 0. The van der Waals surface area contributed by atoms with Gasteiger partial charge in [-0.05, 0) is 44.3 Å². The lowest BCUT2D eigenvalue weighted by Gasteiger charge is -2.32. The maximum atomic E-state index is 6.03. The van der Waals surface area contributed by atoms with Gasteiger partial charge in [-0.15, -0.1) is 0 Å². The molecule has 0 aliphatic rings. The zero-order valence-electron chi connectivity index (χ0n) is 15.1. The van der Waals surface area contributed by atoms with Gasteiger partial charge in [0.15, 0.2) is 0 Å². The standard InChI is InChI=1S/C19H30ClP/c1-17(2,3)13-10-15(18(4,5)6)14(12-21-20)16(11-13)19(7,8)9/h10-12H,1-9H3. The summed E-state index contributed by atoms with van der Waals surface area (Å²) in [7, 11) is 0.796. The second-order valence-electron chi connectivity index (χ2n) is 8.96. The van der Waals surface area contributed by atoms with Gasteiger partial charge in [-0.25, -0.2) is 0 Å². The smallest absolute Gasteiger partial charge is 0.00620 e. The predicted molar refractivity (Wildman–Crippen MR) is 100 cm³/mol. The number of hydrogen-bond acceptors (Lipinski definition) is 0. The summed E-state index contributed by atoms with van der Waals surface area (Å²) >= 11 is 6.03. The van der Waals surface area contributed by atoms with Crippen LogP contribution in [0, 0.1) is 0 Å². The number of benzene rings is 1. The predicted octanol–water partition coefficient (Wildman–Crippen LogP) is 6.83. The van der Waals surface area contributed by atoms with Crippen LogP contribution in [0.3, 0.4) is 0 Å². The maximum Gasteiger partial charge on any atom is 0.00620 e. The molecule has 2 heteroatoms. The van der Waals surface area contributed by atoms with Gasteiger partial charge in [0.05, 0.1) is 0 Å². The third-order valence-corrected chi connectivity index (χ3v) is 4.49. The van der Waals surface area contributed by atoms with Crippen LogP contribution in [0.15, 0.2) is 12.1 Å². The molecule has 1 aromatic rings. The molecule has 0 heterocycles. The molecular formula is C19H30ClP. The van der Waals surface area contributed by atoms with Gasteiger partial charge in [0.2, 0.25) is 0 Å². The summed E-state index contributed by atoms with van der Waals surface area (Å²) in [4.78, 5) is 0. The summed E-state index contributed by atoms with van der Waals surface area (Å²) in [6.45, 7) is 20.5. The molecule has 0 nitrogen and oxygen atoms in total. The first kappa shape index (κ1) is 18.7. The van der Waals surface area contributed by atoms with E-state index < -0.39 is 0 Å². The largest absolute Gasteiger partial charge is 0.0572 e. The lowest BCUT2D eigenvalue weighted by molar-refractivity contribution is 0.547. The second kappa shape index (κ2) is 6.05. The Morgan fingerprint density at radius 3 is 1.38 bits per heavy atom. The van der Waals surface area contributed by atoms with Gasteiger partial charge < -0.3 is 0 Å². The van der Waals surface area contributed by atoms with Crippen LogP contribution in [0.2, 0.25) is 0 Å². The summed E-state index contributed by atoms with van der Waals surface area (Å²) in [5, 5.41) is 0. The molecule has 0 fully saturated rings. The summed E-state index contributed by atoms with van der Waals surface area (Å²) in [6, 6.07) is 4.76. The molecule has 0 aliphatic heterocycles. The highest BCUT2D eigenvalue weighted by Crippen LogP contribution is 2.38. The Morgan fingerprint density at radius 1 is 0.762 bits per heavy atom. The number of hydrogen-bond donors (Lipinski definition) is 0. The molecule has 0 atom stereocenters. The van der Waals surface area contributed by atoms with E-state index in [1.165, 1.54) is 22.3 Å². The summed E-state index contributed by atoms with van der Waals surface area (Å²) in [5.74, 6) is 2.15. The lowest BCUT2D eigenvalue weighted by Crippen LogP contribution is -2.24. The molecule has 0 N–H and O–H groups in total. The van der Waals surface area contributed by atoms with E-state index in [-0.39, 0.29) is 16.2 Å². The van der Waals surface area contributed by atoms with Crippen molar-refractivity contribution in [2.75, 3.05) is 0 Å². The molecule has 118 valence electrons. The Morgan fingerprint density at radius 2 is 1.14 bits per heavy atom. The van der Waals surface area contributed by atoms with Gasteiger partial charge in [-0.3, -0.25) is 0 Å². The van der Waals surface area contributed by atoms with E-state index in [2.05, 4.69) is 80.2 Å². The average Bonchev–Trinajstić information content (AvgIpc) is 2.24. The van der Waals surface area contributed by atoms with Crippen molar-refractivity contribution < 1.29 is 0 Å². The lowest BCUT2D eigenvalue weighted by atomic mass is 9.73. The summed E-state index contributed by atoms with van der Waals surface area (Å²) in [5.41, 5.74) is 5.88. The minimum absolute atomic E-state index is 0.106. The van der Waals surface area contributed by atoms with E-state index in [0.717, 1.165) is 7.56 Å². The van der Waals surface area contributed by atoms with Gasteiger partial charge >= 0.3 is 0 Å². The SMILES string of the molecule is CC(C)(C)c1cc(C(C)(C)C)c(C=PCl)c(C(C)(C)C)c1. The highest BCUT2D eigenvalue weighted by atomic mass is 35.7. The van der Waals surface area contributed by atoms with E-state index in [0.29, 0.717) is 0 Å². The van der Waals surface area contributed by atoms with Crippen LogP contribution >= 0.6 is 18.8 Å². The van der Waals surface area contributed by atoms with E-state index >= 15 is 0 Å². The fourth-order valence-corrected chi connectivity index (χ4v) is 3.18. The first-order valence-electron chi connectivity index (χ1n) is 7.62. The van der Waals surface area contributed by atoms with E-state index in [9.17, 15) is 0 Å². The zero-order chi connectivity index (χ0) is 16.6. The molecule has 1 aromatic carbocycles. The van der Waals surface area contributed by atoms with Crippen molar-refractivity contribution in [3.8, 4) is 0 Å². The average molecular weight is 325 g/mol. The molecule has 0 saturated carbocycles. The zero-order valence-corrected chi connectivity index (χ0v) is 16.7. The highest BCUT2D eigenvalue weighted by Gasteiger charge is 2.27. The van der Waals surface area contributed by atoms with Crippen LogP contribution in [-0.4, -0.2) is 5.80 Å². The van der Waals surface area contributed by atoms with E-state index in [1.54, 1.807) is 0 Å². The Hall–Kier alpha value is -0.320. The van der Waals surface area contributed by atoms with Gasteiger partial charge in [0.1, 0.15) is 0 Å². The second-order valence-corrected chi connectivity index (χ2v) is 10.0. The molecule has 0 aliphatic carbocycles. The number of rotatable bonds is 1. The molecule has 0 amide bonds. The molecule has 0 spiro atoms. The molecule has 0 saturated heterocycles. The van der Waals surface area contributed by atoms with E-state index in [4.69, 9.17) is 11.2 Å². The molecule has 0 unspecified atom stereocenters. The number of halogens is 1. The van der Waals surface area contributed by atoms with Crippen molar-refractivity contribution in [3.63, 3.8) is 0 Å². The monoisotopic (exact) mass is 324 g/mol. The van der Waals surface area contributed by atoms with E-state index in [1.807, 2.05) is 0 Å². The first-order valence-corrected chi connectivity index (χ1v) is 9.49. The van der Waals surface area contributed by atoms with Crippen molar-refractivity contribution in [2.24, 2.45) is 0 Å². The van der Waals surface area contributed by atoms with Crippen molar-refractivity contribution in [3.05, 3.63) is 34.4 Å². The van der Waals surface area contributed by atoms with Crippen LogP contribution < -0.4 is 0 Å². The minimum atomic E-state index is 0.106. The van der Waals surface area contributed by atoms with Crippen LogP contribution in [0.5, 0.6) is 0 Å². The van der Waals surface area contributed by atoms with Crippen molar-refractivity contribution in [1.29, 1.82) is 0 Å². The Kier molecular flexibility index (Phi) is 5.40. The fourth-order valence-electron chi connectivity index (χ4n) is 2.52. The molecule has 0 radical (unpaired) electrons. The Bertz CT molecular complexity index is 499. The van der Waals surface area contributed by atoms with Crippen LogP contribution in [-0.2, 0) is 16.2 Å².